The molecule has 0 spiro atoms. The highest BCUT2D eigenvalue weighted by Crippen LogP contribution is 2.04. The van der Waals surface area contributed by atoms with Crippen LogP contribution >= 0.6 is 0 Å². The van der Waals surface area contributed by atoms with E-state index in [1.54, 1.807) is 0 Å². The molecule has 0 saturated carbocycles. The van der Waals surface area contributed by atoms with E-state index in [1.807, 2.05) is 18.2 Å². The van der Waals surface area contributed by atoms with Gasteiger partial charge in [-0.2, -0.15) is 0 Å². The minimum atomic E-state index is -0.873. The van der Waals surface area contributed by atoms with E-state index in [-0.39, 0.29) is 6.42 Å². The predicted octanol–water partition coefficient (Wildman–Crippen LogP) is 2.23. The topological polar surface area (TPSA) is 54.4 Å². The molecule has 0 aliphatic rings. The molecule has 1 N–H and O–H groups in total. The van der Waals surface area contributed by atoms with Crippen LogP contribution in [0, 0.1) is 0 Å². The van der Waals surface area contributed by atoms with E-state index < -0.39 is 16.8 Å². The first-order chi connectivity index (χ1) is 8.18. The maximum Gasteiger partial charge on any atom is 0.303 e. The van der Waals surface area contributed by atoms with Crippen LogP contribution in [0.4, 0.5) is 0 Å². The van der Waals surface area contributed by atoms with Gasteiger partial charge in [-0.05, 0) is 24.8 Å². The zero-order valence-electron chi connectivity index (χ0n) is 9.80. The molecule has 0 aliphatic carbocycles. The molecule has 0 radical (unpaired) electrons. The summed E-state index contributed by atoms with van der Waals surface area (Å²) in [4.78, 5) is 10.3. The molecular weight excluding hydrogens is 236 g/mol. The Morgan fingerprint density at radius 3 is 2.41 bits per heavy atom. The molecule has 17 heavy (non-hydrogen) atoms. The standard InChI is InChI=1S/C13H18O3S/c14-13(15)9-5-11-17(16)10-4-8-12-6-2-1-3-7-12/h1-3,6-7H,4-5,8-11H2,(H,14,15). The summed E-state index contributed by atoms with van der Waals surface area (Å²) in [5.41, 5.74) is 1.26. The number of hydrogen-bond donors (Lipinski definition) is 1. The largest absolute Gasteiger partial charge is 0.481 e. The Bertz CT molecular complexity index is 362. The van der Waals surface area contributed by atoms with Gasteiger partial charge in [0.2, 0.25) is 0 Å². The van der Waals surface area contributed by atoms with Crippen LogP contribution in [0.1, 0.15) is 24.8 Å². The molecule has 0 aromatic heterocycles. The Morgan fingerprint density at radius 1 is 1.12 bits per heavy atom. The van der Waals surface area contributed by atoms with E-state index in [9.17, 15) is 9.00 Å². The minimum Gasteiger partial charge on any atom is -0.481 e. The van der Waals surface area contributed by atoms with Crippen LogP contribution in [0.5, 0.6) is 0 Å². The van der Waals surface area contributed by atoms with Crippen molar-refractivity contribution in [2.24, 2.45) is 0 Å². The van der Waals surface area contributed by atoms with Gasteiger partial charge < -0.3 is 5.11 Å². The van der Waals surface area contributed by atoms with Gasteiger partial charge in [0, 0.05) is 28.7 Å². The molecule has 0 heterocycles. The molecule has 1 aromatic carbocycles. The molecule has 0 bridgehead atoms. The fourth-order valence-electron chi connectivity index (χ4n) is 1.57. The molecule has 1 atom stereocenters. The minimum absolute atomic E-state index is 0.116. The lowest BCUT2D eigenvalue weighted by Crippen LogP contribution is -2.06. The SMILES string of the molecule is O=C(O)CCCS(=O)CCCc1ccccc1. The lowest BCUT2D eigenvalue weighted by Gasteiger charge is -2.02. The van der Waals surface area contributed by atoms with E-state index in [4.69, 9.17) is 5.11 Å². The summed E-state index contributed by atoms with van der Waals surface area (Å²) in [5.74, 6) is 0.349. The maximum absolute atomic E-state index is 11.5. The van der Waals surface area contributed by atoms with Crippen molar-refractivity contribution in [3.05, 3.63) is 35.9 Å². The summed E-state index contributed by atoms with van der Waals surface area (Å²) < 4.78 is 11.5. The highest BCUT2D eigenvalue weighted by Gasteiger charge is 2.02. The molecule has 1 unspecified atom stereocenters. The van der Waals surface area contributed by atoms with Crippen molar-refractivity contribution in [1.82, 2.24) is 0 Å². The molecule has 4 heteroatoms. The van der Waals surface area contributed by atoms with Gasteiger partial charge in [0.1, 0.15) is 0 Å². The summed E-state index contributed by atoms with van der Waals surface area (Å²) in [6.07, 6.45) is 2.45. The van der Waals surface area contributed by atoms with Gasteiger partial charge in [-0.15, -0.1) is 0 Å². The lowest BCUT2D eigenvalue weighted by molar-refractivity contribution is -0.137. The highest BCUT2D eigenvalue weighted by molar-refractivity contribution is 7.84. The summed E-state index contributed by atoms with van der Waals surface area (Å²) in [5, 5.41) is 8.45. The smallest absolute Gasteiger partial charge is 0.303 e. The average Bonchev–Trinajstić information content (AvgIpc) is 2.30. The first-order valence-electron chi connectivity index (χ1n) is 5.79. The Kier molecular flexibility index (Phi) is 6.55. The number of carboxylic acids is 1. The van der Waals surface area contributed by atoms with Gasteiger partial charge in [0.05, 0.1) is 0 Å². The van der Waals surface area contributed by atoms with Gasteiger partial charge in [-0.25, -0.2) is 0 Å². The van der Waals surface area contributed by atoms with Crippen LogP contribution in [-0.4, -0.2) is 26.8 Å². The van der Waals surface area contributed by atoms with Crippen LogP contribution in [-0.2, 0) is 22.0 Å². The molecule has 0 aliphatic heterocycles. The average molecular weight is 254 g/mol. The summed E-state index contributed by atoms with van der Waals surface area (Å²) in [7, 11) is -0.873. The van der Waals surface area contributed by atoms with Gasteiger partial charge in [0.15, 0.2) is 0 Å². The zero-order chi connectivity index (χ0) is 12.5. The van der Waals surface area contributed by atoms with Crippen LogP contribution < -0.4 is 0 Å². The van der Waals surface area contributed by atoms with Crippen molar-refractivity contribution in [3.8, 4) is 0 Å². The van der Waals surface area contributed by atoms with Crippen LogP contribution in [0.2, 0.25) is 0 Å². The van der Waals surface area contributed by atoms with Crippen molar-refractivity contribution < 1.29 is 14.1 Å². The number of benzene rings is 1. The van der Waals surface area contributed by atoms with Gasteiger partial charge in [-0.3, -0.25) is 9.00 Å². The Morgan fingerprint density at radius 2 is 1.76 bits per heavy atom. The summed E-state index contributed by atoms with van der Waals surface area (Å²) >= 11 is 0. The molecular formula is C13H18O3S. The number of hydrogen-bond acceptors (Lipinski definition) is 2. The quantitative estimate of drug-likeness (QED) is 0.774. The van der Waals surface area contributed by atoms with Gasteiger partial charge in [0.25, 0.3) is 0 Å². The van der Waals surface area contributed by atoms with Gasteiger partial charge in [-0.1, -0.05) is 30.3 Å². The number of aliphatic carboxylic acids is 1. The van der Waals surface area contributed by atoms with Crippen molar-refractivity contribution in [2.45, 2.75) is 25.7 Å². The van der Waals surface area contributed by atoms with Crippen molar-refractivity contribution in [1.29, 1.82) is 0 Å². The second-order valence-corrected chi connectivity index (χ2v) is 5.63. The van der Waals surface area contributed by atoms with E-state index in [2.05, 4.69) is 12.1 Å². The molecule has 1 rings (SSSR count). The van der Waals surface area contributed by atoms with Gasteiger partial charge >= 0.3 is 5.97 Å². The number of carboxylic acid groups (broad SMARTS) is 1. The molecule has 0 saturated heterocycles. The molecule has 0 amide bonds. The van der Waals surface area contributed by atoms with Crippen LogP contribution in [0.25, 0.3) is 0 Å². The van der Waals surface area contributed by atoms with Crippen LogP contribution in [0.3, 0.4) is 0 Å². The summed E-state index contributed by atoms with van der Waals surface area (Å²) in [6, 6.07) is 10.1. The molecule has 94 valence electrons. The number of carbonyl (C=O) groups is 1. The van der Waals surface area contributed by atoms with Crippen molar-refractivity contribution in [2.75, 3.05) is 11.5 Å². The Hall–Kier alpha value is -1.16. The molecule has 3 nitrogen and oxygen atoms in total. The van der Waals surface area contributed by atoms with Crippen LogP contribution in [0.15, 0.2) is 30.3 Å². The maximum atomic E-state index is 11.5. The first kappa shape index (κ1) is 13.9. The van der Waals surface area contributed by atoms with E-state index in [1.165, 1.54) is 5.56 Å². The third-order valence-electron chi connectivity index (χ3n) is 2.44. The summed E-state index contributed by atoms with van der Waals surface area (Å²) in [6.45, 7) is 0. The molecule has 0 fully saturated rings. The zero-order valence-corrected chi connectivity index (χ0v) is 10.6. The predicted molar refractivity (Wildman–Crippen MR) is 69.5 cm³/mol. The van der Waals surface area contributed by atoms with Crippen molar-refractivity contribution >= 4 is 16.8 Å². The number of aryl methyl sites for hydroxylation is 1. The Balaban J connectivity index is 2.10. The first-order valence-corrected chi connectivity index (χ1v) is 7.28. The van der Waals surface area contributed by atoms with Crippen molar-refractivity contribution in [3.63, 3.8) is 0 Å². The molecule has 1 aromatic rings. The van der Waals surface area contributed by atoms with E-state index in [0.29, 0.717) is 17.9 Å². The lowest BCUT2D eigenvalue weighted by atomic mass is 10.1. The Labute approximate surface area is 104 Å². The normalized spacial score (nSPS) is 12.2. The second-order valence-electron chi connectivity index (χ2n) is 3.93. The second kappa shape index (κ2) is 8.01. The van der Waals surface area contributed by atoms with E-state index in [0.717, 1.165) is 12.8 Å². The fourth-order valence-corrected chi connectivity index (χ4v) is 2.71. The number of rotatable bonds is 8. The third-order valence-corrected chi connectivity index (χ3v) is 3.93. The van der Waals surface area contributed by atoms with E-state index >= 15 is 0 Å². The fraction of sp³-hybridized carbons (Fsp3) is 0.462. The third kappa shape index (κ3) is 6.89. The highest BCUT2D eigenvalue weighted by atomic mass is 32.2. The monoisotopic (exact) mass is 254 g/mol.